The number of amides is 3. The first kappa shape index (κ1) is 20.0. The Labute approximate surface area is 172 Å². The van der Waals surface area contributed by atoms with E-state index in [0.29, 0.717) is 17.8 Å². The van der Waals surface area contributed by atoms with Gasteiger partial charge in [0.15, 0.2) is 6.04 Å². The van der Waals surface area contributed by atoms with Gasteiger partial charge in [-0.2, -0.15) is 0 Å². The van der Waals surface area contributed by atoms with Crippen molar-refractivity contribution in [1.82, 2.24) is 0 Å². The Morgan fingerprint density at radius 2 is 1.62 bits per heavy atom. The Morgan fingerprint density at radius 3 is 2.24 bits per heavy atom. The maximum absolute atomic E-state index is 13.1. The minimum Gasteiger partial charge on any atom is -0.332 e. The second-order valence-corrected chi connectivity index (χ2v) is 8.70. The topological polar surface area (TPSA) is 75.4 Å². The van der Waals surface area contributed by atoms with Gasteiger partial charge in [-0.1, -0.05) is 0 Å². The quantitative estimate of drug-likeness (QED) is 0.591. The summed E-state index contributed by atoms with van der Waals surface area (Å²) in [6, 6.07) is 7.38. The maximum atomic E-state index is 13.1. The summed E-state index contributed by atoms with van der Waals surface area (Å²) >= 11 is 0. The van der Waals surface area contributed by atoms with Gasteiger partial charge in [0.25, 0.3) is 5.91 Å². The molecule has 0 unspecified atom stereocenters. The zero-order valence-corrected chi connectivity index (χ0v) is 17.2. The molecule has 156 valence electrons. The number of benzene rings is 1. The van der Waals surface area contributed by atoms with Crippen molar-refractivity contribution in [2.45, 2.75) is 57.5 Å². The number of nitrogens with zero attached hydrogens (tertiary/aromatic N) is 1. The summed E-state index contributed by atoms with van der Waals surface area (Å²) in [5.74, 6) is -0.353. The Balaban J connectivity index is 1.37. The molecule has 7 heteroatoms. The smallest absolute Gasteiger partial charge is 0.292 e. The van der Waals surface area contributed by atoms with Crippen molar-refractivity contribution in [3.8, 4) is 0 Å². The van der Waals surface area contributed by atoms with E-state index in [2.05, 4.69) is 5.32 Å². The van der Waals surface area contributed by atoms with Crippen molar-refractivity contribution in [2.24, 2.45) is 0 Å². The summed E-state index contributed by atoms with van der Waals surface area (Å²) in [7, 11) is 0. The third kappa shape index (κ3) is 4.36. The van der Waals surface area contributed by atoms with Gasteiger partial charge in [0.05, 0.1) is 44.3 Å². The molecule has 0 spiro atoms. The summed E-state index contributed by atoms with van der Waals surface area (Å²) < 4.78 is 0. The third-order valence-electron chi connectivity index (χ3n) is 6.79. The van der Waals surface area contributed by atoms with E-state index in [-0.39, 0.29) is 23.8 Å². The fourth-order valence-electron chi connectivity index (χ4n) is 5.28. The molecule has 3 heterocycles. The van der Waals surface area contributed by atoms with Crippen LogP contribution in [0.4, 0.5) is 11.4 Å². The predicted octanol–water partition coefficient (Wildman–Crippen LogP) is -0.607. The number of likely N-dealkylation sites (tertiary alicyclic amines) is 2. The maximum Gasteiger partial charge on any atom is 0.292 e. The first-order valence-electron chi connectivity index (χ1n) is 11.0. The van der Waals surface area contributed by atoms with Crippen LogP contribution >= 0.6 is 0 Å². The molecule has 1 aromatic carbocycles. The van der Waals surface area contributed by atoms with Crippen LogP contribution in [0.5, 0.6) is 0 Å². The van der Waals surface area contributed by atoms with Gasteiger partial charge in [-0.25, -0.2) is 4.90 Å². The van der Waals surface area contributed by atoms with E-state index in [0.717, 1.165) is 32.0 Å². The second kappa shape index (κ2) is 8.63. The number of carbonyl (C=O) groups excluding carboxylic acids is 3. The Hall–Kier alpha value is -2.25. The molecule has 3 saturated heterocycles. The number of hydrogen-bond donors (Lipinski definition) is 3. The average Bonchev–Trinajstić information content (AvgIpc) is 3.03. The zero-order valence-electron chi connectivity index (χ0n) is 17.2. The van der Waals surface area contributed by atoms with E-state index >= 15 is 0 Å². The van der Waals surface area contributed by atoms with Crippen molar-refractivity contribution in [2.75, 3.05) is 36.4 Å². The Morgan fingerprint density at radius 1 is 0.966 bits per heavy atom. The summed E-state index contributed by atoms with van der Waals surface area (Å²) in [4.78, 5) is 41.2. The summed E-state index contributed by atoms with van der Waals surface area (Å²) in [5, 5.41) is 2.70. The second-order valence-electron chi connectivity index (χ2n) is 8.70. The molecule has 0 aromatic heterocycles. The fraction of sp³-hybridized carbons (Fsp3) is 0.591. The molecular formula is C22H32N4O3+2. The summed E-state index contributed by atoms with van der Waals surface area (Å²) in [6.07, 6.45) is 6.64. The number of hydrogen-bond acceptors (Lipinski definition) is 3. The lowest BCUT2D eigenvalue weighted by Gasteiger charge is -2.37. The number of rotatable bonds is 4. The highest BCUT2D eigenvalue weighted by Crippen LogP contribution is 2.24. The van der Waals surface area contributed by atoms with Crippen LogP contribution in [-0.2, 0) is 14.4 Å². The third-order valence-corrected chi connectivity index (χ3v) is 6.79. The molecule has 29 heavy (non-hydrogen) atoms. The number of imide groups is 1. The molecule has 0 bridgehead atoms. The van der Waals surface area contributed by atoms with Crippen LogP contribution in [0.1, 0.15) is 45.4 Å². The molecular weight excluding hydrogens is 368 g/mol. The van der Waals surface area contributed by atoms with Crippen LogP contribution in [0.15, 0.2) is 24.3 Å². The molecule has 3 aliphatic heterocycles. The SMILES string of the molecule is CC(=O)Nc1ccc(N2C(=O)C[C@@H]([NH+]3CCC([NH+]4CCCCC4)CC3)C2=O)cc1. The average molecular weight is 401 g/mol. The van der Waals surface area contributed by atoms with Crippen molar-refractivity contribution in [3.05, 3.63) is 24.3 Å². The Kier molecular flexibility index (Phi) is 5.96. The van der Waals surface area contributed by atoms with Crippen LogP contribution in [0.2, 0.25) is 0 Å². The normalized spacial score (nSPS) is 28.6. The number of anilines is 2. The molecule has 3 N–H and O–H groups in total. The number of carbonyl (C=O) groups is 3. The standard InChI is InChI=1S/C22H30N4O3/c1-16(27)23-17-5-7-19(8-6-17)26-21(28)15-20(22(26)29)25-13-9-18(10-14-25)24-11-3-2-4-12-24/h5-8,18,20H,2-4,9-15H2,1H3,(H,23,27)/p+2/t20-/m1/s1. The van der Waals surface area contributed by atoms with Crippen LogP contribution in [0, 0.1) is 0 Å². The van der Waals surface area contributed by atoms with Crippen LogP contribution in [0.3, 0.4) is 0 Å². The van der Waals surface area contributed by atoms with E-state index in [1.54, 1.807) is 29.2 Å². The molecule has 3 fully saturated rings. The number of piperidine rings is 2. The molecule has 3 amide bonds. The molecule has 7 nitrogen and oxygen atoms in total. The lowest BCUT2D eigenvalue weighted by molar-refractivity contribution is -0.965. The first-order valence-corrected chi connectivity index (χ1v) is 11.0. The number of quaternary nitrogens is 2. The van der Waals surface area contributed by atoms with E-state index in [9.17, 15) is 14.4 Å². The van der Waals surface area contributed by atoms with E-state index in [4.69, 9.17) is 0 Å². The van der Waals surface area contributed by atoms with Gasteiger partial charge < -0.3 is 15.1 Å². The van der Waals surface area contributed by atoms with E-state index in [1.807, 2.05) is 0 Å². The van der Waals surface area contributed by atoms with Gasteiger partial charge in [0.2, 0.25) is 11.8 Å². The highest BCUT2D eigenvalue weighted by molar-refractivity contribution is 6.21. The number of nitrogens with one attached hydrogen (secondary N) is 3. The van der Waals surface area contributed by atoms with E-state index < -0.39 is 0 Å². The highest BCUT2D eigenvalue weighted by atomic mass is 16.2. The largest absolute Gasteiger partial charge is 0.332 e. The molecule has 0 saturated carbocycles. The van der Waals surface area contributed by atoms with Gasteiger partial charge in [0, 0.05) is 25.5 Å². The van der Waals surface area contributed by atoms with Gasteiger partial charge in [-0.3, -0.25) is 14.4 Å². The van der Waals surface area contributed by atoms with Crippen molar-refractivity contribution >= 4 is 29.1 Å². The molecule has 1 aromatic rings. The van der Waals surface area contributed by atoms with Gasteiger partial charge in [-0.15, -0.1) is 0 Å². The van der Waals surface area contributed by atoms with Crippen molar-refractivity contribution in [1.29, 1.82) is 0 Å². The summed E-state index contributed by atoms with van der Waals surface area (Å²) in [6.45, 7) is 6.00. The van der Waals surface area contributed by atoms with Crippen LogP contribution in [0.25, 0.3) is 0 Å². The lowest BCUT2D eigenvalue weighted by atomic mass is 9.98. The molecule has 0 radical (unpaired) electrons. The first-order chi connectivity index (χ1) is 14.0. The van der Waals surface area contributed by atoms with Gasteiger partial charge in [0.1, 0.15) is 0 Å². The van der Waals surface area contributed by atoms with Crippen LogP contribution < -0.4 is 20.0 Å². The van der Waals surface area contributed by atoms with E-state index in [1.165, 1.54) is 49.1 Å². The minimum absolute atomic E-state index is 0.0824. The molecule has 3 aliphatic rings. The zero-order chi connectivity index (χ0) is 20.4. The monoisotopic (exact) mass is 400 g/mol. The van der Waals surface area contributed by atoms with Crippen molar-refractivity contribution in [3.63, 3.8) is 0 Å². The highest BCUT2D eigenvalue weighted by Gasteiger charge is 2.47. The minimum atomic E-state index is -0.255. The summed E-state index contributed by atoms with van der Waals surface area (Å²) in [5.41, 5.74) is 1.24. The molecule has 1 atom stereocenters. The lowest BCUT2D eigenvalue weighted by Crippen LogP contribution is -3.22. The van der Waals surface area contributed by atoms with Crippen molar-refractivity contribution < 1.29 is 24.2 Å². The predicted molar refractivity (Wildman–Crippen MR) is 110 cm³/mol. The van der Waals surface area contributed by atoms with Crippen LogP contribution in [-0.4, -0.2) is 56.0 Å². The van der Waals surface area contributed by atoms with Gasteiger partial charge >= 0.3 is 0 Å². The fourth-order valence-corrected chi connectivity index (χ4v) is 5.28. The Bertz CT molecular complexity index is 765. The molecule has 0 aliphatic carbocycles. The molecule has 4 rings (SSSR count). The van der Waals surface area contributed by atoms with Gasteiger partial charge in [-0.05, 0) is 43.5 Å².